The summed E-state index contributed by atoms with van der Waals surface area (Å²) >= 11 is 12.2. The van der Waals surface area contributed by atoms with Crippen molar-refractivity contribution in [3.63, 3.8) is 0 Å². The minimum absolute atomic E-state index is 0.0271. The van der Waals surface area contributed by atoms with E-state index >= 15 is 0 Å². The third kappa shape index (κ3) is 6.21. The predicted molar refractivity (Wildman–Crippen MR) is 135 cm³/mol. The first kappa shape index (κ1) is 26.7. The summed E-state index contributed by atoms with van der Waals surface area (Å²) in [5.74, 6) is -1.23. The van der Waals surface area contributed by atoms with Gasteiger partial charge >= 0.3 is 0 Å². The summed E-state index contributed by atoms with van der Waals surface area (Å²) in [4.78, 5) is 53.9. The van der Waals surface area contributed by atoms with Gasteiger partial charge in [0.05, 0.1) is 21.2 Å². The highest BCUT2D eigenvalue weighted by atomic mass is 35.5. The van der Waals surface area contributed by atoms with Crippen molar-refractivity contribution in [2.75, 3.05) is 6.54 Å². The maximum Gasteiger partial charge on any atom is 0.261 e. The number of carbonyl (C=O) groups excluding carboxylic acids is 4. The summed E-state index contributed by atoms with van der Waals surface area (Å²) in [5.41, 5.74) is 1.48. The van der Waals surface area contributed by atoms with E-state index < -0.39 is 6.04 Å². The van der Waals surface area contributed by atoms with E-state index in [1.54, 1.807) is 49.4 Å². The molecule has 2 atom stereocenters. The molecule has 1 N–H and O–H groups in total. The standard InChI is InChI=1S/C26H29Cl2N3O4/c1-4-16(2)29-24(33)17(3)31(15-18-11-12-21(27)22(28)14-18)23(32)10-7-13-30-25(34)19-8-5-6-9-20(19)26(30)35/h5-6,8-9,11-12,14,16-17H,4,7,10,13,15H2,1-3H3,(H,29,33)/t16-,17-/m0/s1. The zero-order valence-electron chi connectivity index (χ0n) is 20.0. The molecule has 9 heteroatoms. The lowest BCUT2D eigenvalue weighted by atomic mass is 10.1. The van der Waals surface area contributed by atoms with Crippen LogP contribution in [0.1, 0.15) is 66.3 Å². The van der Waals surface area contributed by atoms with Crippen molar-refractivity contribution in [1.82, 2.24) is 15.1 Å². The molecule has 1 heterocycles. The lowest BCUT2D eigenvalue weighted by Crippen LogP contribution is -2.49. The fourth-order valence-corrected chi connectivity index (χ4v) is 4.18. The fourth-order valence-electron chi connectivity index (χ4n) is 3.86. The molecule has 0 saturated carbocycles. The van der Waals surface area contributed by atoms with Gasteiger partial charge in [0, 0.05) is 25.6 Å². The van der Waals surface area contributed by atoms with Crippen molar-refractivity contribution in [3.05, 3.63) is 69.2 Å². The zero-order chi connectivity index (χ0) is 25.7. The molecule has 0 saturated heterocycles. The Bertz CT molecular complexity index is 1100. The number of carbonyl (C=O) groups is 4. The van der Waals surface area contributed by atoms with Gasteiger partial charge in [-0.25, -0.2) is 0 Å². The molecular formula is C26H29Cl2N3O4. The third-order valence-corrected chi connectivity index (χ3v) is 6.89. The second-order valence-electron chi connectivity index (χ2n) is 8.68. The SMILES string of the molecule is CC[C@H](C)NC(=O)[C@H](C)N(Cc1ccc(Cl)c(Cl)c1)C(=O)CCCN1C(=O)c2ccccc2C1=O. The maximum absolute atomic E-state index is 13.3. The van der Waals surface area contributed by atoms with E-state index in [-0.39, 0.29) is 55.6 Å². The van der Waals surface area contributed by atoms with Gasteiger partial charge in [0.25, 0.3) is 11.8 Å². The van der Waals surface area contributed by atoms with Gasteiger partial charge < -0.3 is 10.2 Å². The Morgan fingerprint density at radius 1 is 1.00 bits per heavy atom. The molecule has 0 radical (unpaired) electrons. The van der Waals surface area contributed by atoms with Crippen LogP contribution in [0.2, 0.25) is 10.0 Å². The Kier molecular flexibility index (Phi) is 8.92. The Balaban J connectivity index is 1.69. The van der Waals surface area contributed by atoms with Gasteiger partial charge in [0.1, 0.15) is 6.04 Å². The number of halogens is 2. The van der Waals surface area contributed by atoms with E-state index in [0.717, 1.165) is 12.0 Å². The van der Waals surface area contributed by atoms with Crippen molar-refractivity contribution in [1.29, 1.82) is 0 Å². The lowest BCUT2D eigenvalue weighted by molar-refractivity contribution is -0.141. The Hall–Kier alpha value is -2.90. The Labute approximate surface area is 215 Å². The van der Waals surface area contributed by atoms with Crippen molar-refractivity contribution in [2.24, 2.45) is 0 Å². The van der Waals surface area contributed by atoms with Gasteiger partial charge in [-0.1, -0.05) is 48.3 Å². The monoisotopic (exact) mass is 517 g/mol. The fraction of sp³-hybridized carbons (Fsp3) is 0.385. The van der Waals surface area contributed by atoms with Crippen LogP contribution in [0, 0.1) is 0 Å². The molecule has 3 rings (SSSR count). The molecule has 0 unspecified atom stereocenters. The number of hydrogen-bond acceptors (Lipinski definition) is 4. The van der Waals surface area contributed by atoms with Crippen LogP contribution in [-0.4, -0.2) is 52.1 Å². The highest BCUT2D eigenvalue weighted by Crippen LogP contribution is 2.25. The molecule has 2 aromatic carbocycles. The summed E-state index contributed by atoms with van der Waals surface area (Å²) in [6.45, 7) is 5.83. The minimum Gasteiger partial charge on any atom is -0.352 e. The van der Waals surface area contributed by atoms with Crippen LogP contribution in [0.25, 0.3) is 0 Å². The predicted octanol–water partition coefficient (Wildman–Crippen LogP) is 4.70. The molecule has 0 aromatic heterocycles. The number of nitrogens with one attached hydrogen (secondary N) is 1. The molecule has 0 spiro atoms. The molecule has 35 heavy (non-hydrogen) atoms. The van der Waals surface area contributed by atoms with Crippen LogP contribution in [0.15, 0.2) is 42.5 Å². The van der Waals surface area contributed by atoms with Crippen LogP contribution in [0.5, 0.6) is 0 Å². The molecule has 0 fully saturated rings. The number of benzene rings is 2. The highest BCUT2D eigenvalue weighted by molar-refractivity contribution is 6.42. The zero-order valence-corrected chi connectivity index (χ0v) is 21.5. The second-order valence-corrected chi connectivity index (χ2v) is 9.49. The molecular weight excluding hydrogens is 489 g/mol. The molecule has 0 aliphatic carbocycles. The molecule has 2 aromatic rings. The normalized spacial score (nSPS) is 14.5. The van der Waals surface area contributed by atoms with Crippen molar-refractivity contribution >= 4 is 46.8 Å². The average Bonchev–Trinajstić information content (AvgIpc) is 3.09. The molecule has 4 amide bonds. The van der Waals surface area contributed by atoms with Crippen LogP contribution in [0.4, 0.5) is 0 Å². The van der Waals surface area contributed by atoms with Gasteiger partial charge in [-0.05, 0) is 56.5 Å². The first-order valence-corrected chi connectivity index (χ1v) is 12.4. The van der Waals surface area contributed by atoms with Crippen LogP contribution >= 0.6 is 23.2 Å². The molecule has 7 nitrogen and oxygen atoms in total. The van der Waals surface area contributed by atoms with E-state index in [1.807, 2.05) is 13.8 Å². The molecule has 1 aliphatic rings. The summed E-state index contributed by atoms with van der Waals surface area (Å²) in [6.07, 6.45) is 1.11. The maximum atomic E-state index is 13.3. The highest BCUT2D eigenvalue weighted by Gasteiger charge is 2.35. The smallest absolute Gasteiger partial charge is 0.261 e. The molecule has 0 bridgehead atoms. The number of fused-ring (bicyclic) bond motifs is 1. The van der Waals surface area contributed by atoms with Gasteiger partial charge in [0.2, 0.25) is 11.8 Å². The number of hydrogen-bond donors (Lipinski definition) is 1. The first-order chi connectivity index (χ1) is 16.6. The lowest BCUT2D eigenvalue weighted by Gasteiger charge is -2.30. The third-order valence-electron chi connectivity index (χ3n) is 6.16. The van der Waals surface area contributed by atoms with E-state index in [1.165, 1.54) is 9.80 Å². The quantitative estimate of drug-likeness (QED) is 0.462. The number of rotatable bonds is 10. The van der Waals surface area contributed by atoms with Crippen molar-refractivity contribution < 1.29 is 19.2 Å². The average molecular weight is 518 g/mol. The van der Waals surface area contributed by atoms with Gasteiger partial charge in [-0.3, -0.25) is 24.1 Å². The largest absolute Gasteiger partial charge is 0.352 e. The minimum atomic E-state index is -0.731. The van der Waals surface area contributed by atoms with Gasteiger partial charge in [-0.2, -0.15) is 0 Å². The van der Waals surface area contributed by atoms with Crippen LogP contribution < -0.4 is 5.32 Å². The summed E-state index contributed by atoms with van der Waals surface area (Å²) in [5, 5.41) is 3.68. The van der Waals surface area contributed by atoms with E-state index in [0.29, 0.717) is 21.2 Å². The van der Waals surface area contributed by atoms with Crippen molar-refractivity contribution in [3.8, 4) is 0 Å². The summed E-state index contributed by atoms with van der Waals surface area (Å²) in [6, 6.07) is 11.0. The van der Waals surface area contributed by atoms with Crippen molar-refractivity contribution in [2.45, 2.75) is 58.7 Å². The second kappa shape index (κ2) is 11.7. The number of nitrogens with zero attached hydrogens (tertiary/aromatic N) is 2. The Morgan fingerprint density at radius 2 is 1.63 bits per heavy atom. The van der Waals surface area contributed by atoms with E-state index in [9.17, 15) is 19.2 Å². The number of amides is 4. The number of imide groups is 1. The molecule has 1 aliphatic heterocycles. The van der Waals surface area contributed by atoms with E-state index in [4.69, 9.17) is 23.2 Å². The first-order valence-electron chi connectivity index (χ1n) is 11.6. The van der Waals surface area contributed by atoms with Crippen LogP contribution in [0.3, 0.4) is 0 Å². The van der Waals surface area contributed by atoms with E-state index in [2.05, 4.69) is 5.32 Å². The Morgan fingerprint density at radius 3 is 2.20 bits per heavy atom. The summed E-state index contributed by atoms with van der Waals surface area (Å²) in [7, 11) is 0. The van der Waals surface area contributed by atoms with Gasteiger partial charge in [0.15, 0.2) is 0 Å². The van der Waals surface area contributed by atoms with Crippen LogP contribution in [-0.2, 0) is 16.1 Å². The summed E-state index contributed by atoms with van der Waals surface area (Å²) < 4.78 is 0. The van der Waals surface area contributed by atoms with Gasteiger partial charge in [-0.15, -0.1) is 0 Å². The molecule has 186 valence electrons. The topological polar surface area (TPSA) is 86.8 Å².